The van der Waals surface area contributed by atoms with Crippen LogP contribution in [-0.4, -0.2) is 55.5 Å². The summed E-state index contributed by atoms with van der Waals surface area (Å²) in [7, 11) is 0. The first-order valence-electron chi connectivity index (χ1n) is 13.9. The molecule has 0 unspecified atom stereocenters. The van der Waals surface area contributed by atoms with Crippen LogP contribution in [0.2, 0.25) is 5.02 Å². The molecule has 2 aliphatic carbocycles. The predicted octanol–water partition coefficient (Wildman–Crippen LogP) is 5.43. The highest BCUT2D eigenvalue weighted by molar-refractivity contribution is 6.30. The SMILES string of the molecule is CC(=O)N1CCN(c2nc3cc(C#N)nc(-c4cncc(Cl)c4)c3n2CC2CCC(C)CC2)[C@@H]2CCC[C@H]21. The number of nitrogens with zero attached hydrogens (tertiary/aromatic N) is 7. The van der Waals surface area contributed by atoms with Gasteiger partial charge >= 0.3 is 0 Å². The number of fused-ring (bicyclic) bond motifs is 2. The standard InChI is InChI=1S/C29H34ClN7O/c1-18-6-8-20(9-7-18)17-37-28-24(13-23(14-31)33-27(28)21-12-22(30)16-32-15-21)34-29(37)36-11-10-35(19(2)38)25-4-3-5-26(25)36/h12-13,15-16,18,20,25-26H,3-11,17H2,1-2H3/t18?,20?,25-,26-/m1/s1. The molecule has 3 fully saturated rings. The van der Waals surface area contributed by atoms with E-state index in [0.29, 0.717) is 28.9 Å². The molecule has 0 spiro atoms. The molecule has 1 amide bonds. The molecule has 9 heteroatoms. The van der Waals surface area contributed by atoms with Gasteiger partial charge in [-0.25, -0.2) is 9.97 Å². The van der Waals surface area contributed by atoms with Crippen molar-refractivity contribution in [3.05, 3.63) is 35.2 Å². The van der Waals surface area contributed by atoms with Crippen LogP contribution in [0.5, 0.6) is 0 Å². The molecule has 1 saturated heterocycles. The average Bonchev–Trinajstić information content (AvgIpc) is 3.54. The molecule has 3 aromatic heterocycles. The molecule has 0 radical (unpaired) electrons. The van der Waals surface area contributed by atoms with Crippen LogP contribution in [0, 0.1) is 23.2 Å². The van der Waals surface area contributed by atoms with Crippen LogP contribution in [0.15, 0.2) is 24.5 Å². The van der Waals surface area contributed by atoms with Crippen LogP contribution in [-0.2, 0) is 11.3 Å². The molecular formula is C29H34ClN7O. The lowest BCUT2D eigenvalue weighted by Crippen LogP contribution is -2.59. The molecule has 2 atom stereocenters. The number of carbonyl (C=O) groups excluding carboxylic acids is 1. The number of pyridine rings is 2. The van der Waals surface area contributed by atoms with Gasteiger partial charge in [0.1, 0.15) is 11.8 Å². The molecule has 6 rings (SSSR count). The maximum absolute atomic E-state index is 12.4. The van der Waals surface area contributed by atoms with E-state index in [-0.39, 0.29) is 18.0 Å². The Kier molecular flexibility index (Phi) is 6.73. The fourth-order valence-corrected chi connectivity index (χ4v) is 7.11. The second kappa shape index (κ2) is 10.2. The quantitative estimate of drug-likeness (QED) is 0.445. The topological polar surface area (TPSA) is 90.9 Å². The van der Waals surface area contributed by atoms with Gasteiger partial charge in [-0.05, 0) is 50.0 Å². The second-order valence-electron chi connectivity index (χ2n) is 11.3. The zero-order valence-electron chi connectivity index (χ0n) is 22.1. The van der Waals surface area contributed by atoms with E-state index in [0.717, 1.165) is 60.8 Å². The van der Waals surface area contributed by atoms with Crippen LogP contribution in [0.25, 0.3) is 22.3 Å². The minimum absolute atomic E-state index is 0.157. The van der Waals surface area contributed by atoms with Crippen molar-refractivity contribution in [1.82, 2.24) is 24.4 Å². The Hall–Kier alpha value is -3.18. The van der Waals surface area contributed by atoms with Crippen LogP contribution < -0.4 is 4.90 Å². The third kappa shape index (κ3) is 4.51. The highest BCUT2D eigenvalue weighted by Crippen LogP contribution is 2.39. The molecule has 0 aromatic carbocycles. The van der Waals surface area contributed by atoms with Gasteiger partial charge in [-0.1, -0.05) is 31.4 Å². The number of rotatable bonds is 4. The van der Waals surface area contributed by atoms with Gasteiger partial charge in [0, 0.05) is 50.6 Å². The number of hydrogen-bond acceptors (Lipinski definition) is 6. The van der Waals surface area contributed by atoms with Crippen LogP contribution in [0.4, 0.5) is 5.95 Å². The normalized spacial score (nSPS) is 25.4. The Bertz CT molecular complexity index is 1400. The number of amides is 1. The fourth-order valence-electron chi connectivity index (χ4n) is 6.94. The molecule has 2 saturated carbocycles. The van der Waals surface area contributed by atoms with E-state index < -0.39 is 0 Å². The molecule has 8 nitrogen and oxygen atoms in total. The largest absolute Gasteiger partial charge is 0.336 e. The van der Waals surface area contributed by atoms with Crippen molar-refractivity contribution in [2.24, 2.45) is 11.8 Å². The lowest BCUT2D eigenvalue weighted by atomic mass is 9.83. The first-order valence-corrected chi connectivity index (χ1v) is 14.3. The van der Waals surface area contributed by atoms with Crippen LogP contribution in [0.1, 0.15) is 64.5 Å². The lowest BCUT2D eigenvalue weighted by Gasteiger charge is -2.45. The lowest BCUT2D eigenvalue weighted by molar-refractivity contribution is -0.132. The summed E-state index contributed by atoms with van der Waals surface area (Å²) in [5.41, 5.74) is 3.52. The van der Waals surface area contributed by atoms with Crippen molar-refractivity contribution in [2.45, 2.75) is 77.4 Å². The van der Waals surface area contributed by atoms with Crippen molar-refractivity contribution in [1.29, 1.82) is 5.26 Å². The summed E-state index contributed by atoms with van der Waals surface area (Å²) in [5, 5.41) is 10.3. The van der Waals surface area contributed by atoms with E-state index in [4.69, 9.17) is 21.6 Å². The maximum atomic E-state index is 12.4. The number of nitriles is 1. The van der Waals surface area contributed by atoms with E-state index in [9.17, 15) is 10.1 Å². The Morgan fingerprint density at radius 1 is 1.08 bits per heavy atom. The van der Waals surface area contributed by atoms with Crippen LogP contribution in [0.3, 0.4) is 0 Å². The van der Waals surface area contributed by atoms with E-state index >= 15 is 0 Å². The number of carbonyl (C=O) groups is 1. The van der Waals surface area contributed by atoms with Gasteiger partial charge in [0.05, 0.1) is 33.8 Å². The van der Waals surface area contributed by atoms with Gasteiger partial charge in [0.25, 0.3) is 0 Å². The Morgan fingerprint density at radius 2 is 1.87 bits per heavy atom. The average molecular weight is 532 g/mol. The minimum Gasteiger partial charge on any atom is -0.336 e. The van der Waals surface area contributed by atoms with Gasteiger partial charge in [0.2, 0.25) is 11.9 Å². The zero-order chi connectivity index (χ0) is 26.4. The Labute approximate surface area is 228 Å². The van der Waals surface area contributed by atoms with Crippen molar-refractivity contribution in [2.75, 3.05) is 18.0 Å². The van der Waals surface area contributed by atoms with E-state index in [1.165, 1.54) is 25.7 Å². The summed E-state index contributed by atoms with van der Waals surface area (Å²) in [4.78, 5) is 31.2. The van der Waals surface area contributed by atoms with Gasteiger partial charge in [0.15, 0.2) is 0 Å². The van der Waals surface area contributed by atoms with E-state index in [2.05, 4.69) is 32.3 Å². The molecule has 38 heavy (non-hydrogen) atoms. The van der Waals surface area contributed by atoms with E-state index in [1.807, 2.05) is 6.07 Å². The summed E-state index contributed by atoms with van der Waals surface area (Å²) in [6.07, 6.45) is 11.4. The molecule has 1 aliphatic heterocycles. The van der Waals surface area contributed by atoms with Gasteiger partial charge in [-0.3, -0.25) is 9.78 Å². The number of anilines is 1. The Morgan fingerprint density at radius 3 is 2.61 bits per heavy atom. The summed E-state index contributed by atoms with van der Waals surface area (Å²) < 4.78 is 2.36. The molecule has 0 N–H and O–H groups in total. The number of halogens is 1. The zero-order valence-corrected chi connectivity index (χ0v) is 22.9. The molecule has 198 valence electrons. The monoisotopic (exact) mass is 531 g/mol. The number of hydrogen-bond donors (Lipinski definition) is 0. The van der Waals surface area contributed by atoms with Gasteiger partial charge in [-0.2, -0.15) is 5.26 Å². The predicted molar refractivity (Wildman–Crippen MR) is 148 cm³/mol. The van der Waals surface area contributed by atoms with Crippen molar-refractivity contribution < 1.29 is 4.79 Å². The van der Waals surface area contributed by atoms with Crippen molar-refractivity contribution >= 4 is 34.5 Å². The third-order valence-electron chi connectivity index (χ3n) is 8.86. The number of aromatic nitrogens is 4. The third-order valence-corrected chi connectivity index (χ3v) is 9.07. The van der Waals surface area contributed by atoms with Gasteiger partial charge < -0.3 is 14.4 Å². The summed E-state index contributed by atoms with van der Waals surface area (Å²) >= 11 is 6.34. The smallest absolute Gasteiger partial charge is 0.219 e. The molecule has 3 aromatic rings. The number of imidazole rings is 1. The first-order chi connectivity index (χ1) is 18.4. The maximum Gasteiger partial charge on any atom is 0.219 e. The Balaban J connectivity index is 1.51. The summed E-state index contributed by atoms with van der Waals surface area (Å²) in [6, 6.07) is 6.34. The highest BCUT2D eigenvalue weighted by atomic mass is 35.5. The molecule has 4 heterocycles. The van der Waals surface area contributed by atoms with Crippen molar-refractivity contribution in [3.63, 3.8) is 0 Å². The van der Waals surface area contributed by atoms with Crippen LogP contribution >= 0.6 is 11.6 Å². The van der Waals surface area contributed by atoms with Gasteiger partial charge in [-0.15, -0.1) is 0 Å². The summed E-state index contributed by atoms with van der Waals surface area (Å²) in [5.74, 6) is 2.43. The molecular weight excluding hydrogens is 498 g/mol. The highest BCUT2D eigenvalue weighted by Gasteiger charge is 2.42. The minimum atomic E-state index is 0.157. The molecule has 0 bridgehead atoms. The van der Waals surface area contributed by atoms with Crippen molar-refractivity contribution in [3.8, 4) is 17.3 Å². The molecule has 3 aliphatic rings. The number of piperazine rings is 1. The van der Waals surface area contributed by atoms with E-state index in [1.54, 1.807) is 25.4 Å². The first kappa shape index (κ1) is 25.1. The second-order valence-corrected chi connectivity index (χ2v) is 11.8. The fraction of sp³-hybridized carbons (Fsp3) is 0.552. The summed E-state index contributed by atoms with van der Waals surface area (Å²) in [6.45, 7) is 6.34.